The summed E-state index contributed by atoms with van der Waals surface area (Å²) < 4.78 is 31.6. The third-order valence-corrected chi connectivity index (χ3v) is 6.90. The first-order chi connectivity index (χ1) is 18.4. The second kappa shape index (κ2) is 10.7. The number of aryl methyl sites for hydroxylation is 1. The van der Waals surface area contributed by atoms with Gasteiger partial charge in [-0.3, -0.25) is 14.5 Å². The summed E-state index contributed by atoms with van der Waals surface area (Å²) in [6.45, 7) is 4.69. The van der Waals surface area contributed by atoms with Crippen molar-refractivity contribution in [1.82, 2.24) is 0 Å². The molecule has 5 rings (SSSR count). The van der Waals surface area contributed by atoms with Crippen molar-refractivity contribution in [2.24, 2.45) is 0 Å². The quantitative estimate of drug-likeness (QED) is 0.226. The molecule has 0 spiro atoms. The molecule has 0 fully saturated rings. The molecule has 1 aliphatic heterocycles. The lowest BCUT2D eigenvalue weighted by Crippen LogP contribution is -2.29. The van der Waals surface area contributed by atoms with E-state index in [-0.39, 0.29) is 22.3 Å². The maximum Gasteiger partial charge on any atom is 0.295 e. The number of unbranched alkanes of at least 4 members (excludes halogenated alkanes) is 3. The van der Waals surface area contributed by atoms with Gasteiger partial charge in [0.15, 0.2) is 16.9 Å². The zero-order valence-electron chi connectivity index (χ0n) is 21.8. The Labute approximate surface area is 220 Å². The van der Waals surface area contributed by atoms with Gasteiger partial charge in [0.05, 0.1) is 30.7 Å². The topological polar surface area (TPSA) is 69.0 Å². The Balaban J connectivity index is 1.63. The van der Waals surface area contributed by atoms with Crippen molar-refractivity contribution in [1.29, 1.82) is 0 Å². The maximum atomic E-state index is 14.1. The van der Waals surface area contributed by atoms with E-state index >= 15 is 0 Å². The van der Waals surface area contributed by atoms with E-state index in [4.69, 9.17) is 13.9 Å². The van der Waals surface area contributed by atoms with E-state index in [1.807, 2.05) is 37.3 Å². The third kappa shape index (κ3) is 4.64. The lowest BCUT2D eigenvalue weighted by Gasteiger charge is -2.26. The minimum atomic E-state index is -0.795. The predicted molar refractivity (Wildman–Crippen MR) is 145 cm³/mol. The summed E-state index contributed by atoms with van der Waals surface area (Å²) in [7, 11) is 1.55. The van der Waals surface area contributed by atoms with Gasteiger partial charge in [-0.25, -0.2) is 4.39 Å². The molecule has 0 radical (unpaired) electrons. The number of carbonyl (C=O) groups is 1. The Morgan fingerprint density at radius 1 is 0.947 bits per heavy atom. The number of ether oxygens (including phenoxy) is 2. The van der Waals surface area contributed by atoms with Crippen LogP contribution >= 0.6 is 0 Å². The summed E-state index contributed by atoms with van der Waals surface area (Å²) >= 11 is 0. The first-order valence-electron chi connectivity index (χ1n) is 12.9. The summed E-state index contributed by atoms with van der Waals surface area (Å²) in [5, 5.41) is 0.0892. The SMILES string of the molecule is CCCCCCOc1ccc(C2c3c(oc4ccc(F)cc4c3=O)C(=O)N2c2ccc(C)cc2)cc1OC. The van der Waals surface area contributed by atoms with Crippen molar-refractivity contribution >= 4 is 22.6 Å². The van der Waals surface area contributed by atoms with E-state index in [9.17, 15) is 14.0 Å². The fraction of sp³-hybridized carbons (Fsp3) is 0.290. The molecule has 0 saturated carbocycles. The molecule has 1 unspecified atom stereocenters. The Morgan fingerprint density at radius 3 is 2.47 bits per heavy atom. The molecule has 1 atom stereocenters. The van der Waals surface area contributed by atoms with Crippen molar-refractivity contribution in [2.75, 3.05) is 18.6 Å². The lowest BCUT2D eigenvalue weighted by atomic mass is 9.97. The molecular weight excluding hydrogens is 485 g/mol. The fourth-order valence-corrected chi connectivity index (χ4v) is 4.92. The molecular formula is C31H30FNO5. The van der Waals surface area contributed by atoms with Crippen LogP contribution in [0.1, 0.15) is 65.9 Å². The average molecular weight is 516 g/mol. The van der Waals surface area contributed by atoms with E-state index in [0.717, 1.165) is 37.3 Å². The van der Waals surface area contributed by atoms with Gasteiger partial charge in [0.25, 0.3) is 5.91 Å². The molecule has 3 aromatic carbocycles. The van der Waals surface area contributed by atoms with Crippen LogP contribution in [0.5, 0.6) is 11.5 Å². The molecule has 4 aromatic rings. The van der Waals surface area contributed by atoms with Crippen molar-refractivity contribution in [3.05, 3.63) is 99.2 Å². The number of hydrogen-bond donors (Lipinski definition) is 0. The van der Waals surface area contributed by atoms with E-state index in [0.29, 0.717) is 29.4 Å². The molecule has 0 saturated heterocycles. The molecule has 0 bridgehead atoms. The van der Waals surface area contributed by atoms with Gasteiger partial charge in [-0.15, -0.1) is 0 Å². The van der Waals surface area contributed by atoms with Crippen molar-refractivity contribution in [3.63, 3.8) is 0 Å². The lowest BCUT2D eigenvalue weighted by molar-refractivity contribution is 0.0971. The minimum Gasteiger partial charge on any atom is -0.493 e. The molecule has 196 valence electrons. The molecule has 1 aromatic heterocycles. The van der Waals surface area contributed by atoms with E-state index < -0.39 is 23.2 Å². The first kappa shape index (κ1) is 25.5. The Morgan fingerprint density at radius 2 is 1.74 bits per heavy atom. The highest BCUT2D eigenvalue weighted by molar-refractivity contribution is 6.10. The molecule has 1 amide bonds. The van der Waals surface area contributed by atoms with Gasteiger partial charge >= 0.3 is 0 Å². The Hall–Kier alpha value is -4.13. The van der Waals surface area contributed by atoms with Crippen LogP contribution in [0.3, 0.4) is 0 Å². The predicted octanol–water partition coefficient (Wildman–Crippen LogP) is 6.96. The summed E-state index contributed by atoms with van der Waals surface area (Å²) in [5.74, 6) is 0.0520. The second-order valence-corrected chi connectivity index (χ2v) is 9.55. The monoisotopic (exact) mass is 515 g/mol. The smallest absolute Gasteiger partial charge is 0.295 e. The fourth-order valence-electron chi connectivity index (χ4n) is 4.92. The van der Waals surface area contributed by atoms with E-state index in [1.54, 1.807) is 24.1 Å². The van der Waals surface area contributed by atoms with Gasteiger partial charge in [0.1, 0.15) is 11.4 Å². The van der Waals surface area contributed by atoms with Crippen molar-refractivity contribution < 1.29 is 23.1 Å². The molecule has 2 heterocycles. The van der Waals surface area contributed by atoms with Crippen LogP contribution in [-0.4, -0.2) is 19.6 Å². The van der Waals surface area contributed by atoms with Crippen LogP contribution in [0.4, 0.5) is 10.1 Å². The molecule has 6 nitrogen and oxygen atoms in total. The van der Waals surface area contributed by atoms with Gasteiger partial charge in [-0.2, -0.15) is 0 Å². The summed E-state index contributed by atoms with van der Waals surface area (Å²) in [6.07, 6.45) is 4.33. The standard InChI is InChI=1S/C31H30FNO5/c1-4-5-6-7-16-37-25-14-10-20(17-26(25)36-3)28-27-29(34)23-18-21(32)11-15-24(23)38-30(27)31(35)33(28)22-12-8-19(2)9-13-22/h8-15,17-18,28H,4-7,16H2,1-3H3. The van der Waals surface area contributed by atoms with E-state index in [1.165, 1.54) is 12.1 Å². The maximum absolute atomic E-state index is 14.1. The number of benzene rings is 3. The molecule has 0 N–H and O–H groups in total. The normalized spacial score (nSPS) is 14.7. The molecule has 0 aliphatic carbocycles. The van der Waals surface area contributed by atoms with Crippen molar-refractivity contribution in [2.45, 2.75) is 45.6 Å². The second-order valence-electron chi connectivity index (χ2n) is 9.55. The number of nitrogens with zero attached hydrogens (tertiary/aromatic N) is 1. The van der Waals surface area contributed by atoms with Crippen LogP contribution < -0.4 is 19.8 Å². The number of hydrogen-bond acceptors (Lipinski definition) is 5. The van der Waals surface area contributed by atoms with E-state index in [2.05, 4.69) is 6.92 Å². The van der Waals surface area contributed by atoms with Gasteiger partial charge in [-0.1, -0.05) is 49.9 Å². The molecule has 7 heteroatoms. The average Bonchev–Trinajstić information content (AvgIpc) is 3.22. The van der Waals surface area contributed by atoms with Crippen LogP contribution in [-0.2, 0) is 0 Å². The highest BCUT2D eigenvalue weighted by Crippen LogP contribution is 2.43. The van der Waals surface area contributed by atoms with Crippen molar-refractivity contribution in [3.8, 4) is 11.5 Å². The number of methoxy groups -OCH3 is 1. The summed E-state index contributed by atoms with van der Waals surface area (Å²) in [5.41, 5.74) is 2.19. The number of anilines is 1. The number of carbonyl (C=O) groups excluding carboxylic acids is 1. The first-order valence-corrected chi connectivity index (χ1v) is 12.9. The van der Waals surface area contributed by atoms with Gasteiger partial charge in [0.2, 0.25) is 5.76 Å². The van der Waals surface area contributed by atoms with Gasteiger partial charge in [0, 0.05) is 5.69 Å². The van der Waals surface area contributed by atoms with Crippen LogP contribution in [0.15, 0.2) is 69.9 Å². The molecule has 1 aliphatic rings. The number of fused-ring (bicyclic) bond motifs is 2. The van der Waals surface area contributed by atoms with Gasteiger partial charge < -0.3 is 13.9 Å². The summed E-state index contributed by atoms with van der Waals surface area (Å²) in [6, 6.07) is 15.8. The van der Waals surface area contributed by atoms with Crippen LogP contribution in [0.2, 0.25) is 0 Å². The number of rotatable bonds is 9. The minimum absolute atomic E-state index is 0.0464. The van der Waals surface area contributed by atoms with Gasteiger partial charge in [-0.05, 0) is 61.4 Å². The number of halogens is 1. The summed E-state index contributed by atoms with van der Waals surface area (Å²) in [4.78, 5) is 29.0. The van der Waals surface area contributed by atoms with Crippen LogP contribution in [0.25, 0.3) is 11.0 Å². The number of amides is 1. The zero-order valence-corrected chi connectivity index (χ0v) is 21.8. The largest absolute Gasteiger partial charge is 0.493 e. The highest BCUT2D eigenvalue weighted by atomic mass is 19.1. The molecule has 38 heavy (non-hydrogen) atoms. The third-order valence-electron chi connectivity index (χ3n) is 6.90. The Bertz CT molecular complexity index is 1540. The van der Waals surface area contributed by atoms with Crippen LogP contribution in [0, 0.1) is 12.7 Å². The highest BCUT2D eigenvalue weighted by Gasteiger charge is 2.44. The Kier molecular flexibility index (Phi) is 7.18. The zero-order chi connectivity index (χ0) is 26.8.